The molecule has 0 atom stereocenters. The first-order valence-electron chi connectivity index (χ1n) is 6.61. The molecule has 0 aliphatic rings. The zero-order valence-corrected chi connectivity index (χ0v) is 13.0. The number of carboxylic acid groups (broad SMARTS) is 1. The fourth-order valence-electron chi connectivity index (χ4n) is 1.91. The van der Waals surface area contributed by atoms with Gasteiger partial charge in [-0.05, 0) is 17.7 Å². The molecule has 10 heteroatoms. The summed E-state index contributed by atoms with van der Waals surface area (Å²) in [7, 11) is -3.99. The lowest BCUT2D eigenvalue weighted by molar-refractivity contribution is -0.384. The monoisotopic (exact) mass is 351 g/mol. The molecule has 0 fully saturated rings. The molecular formula is C14H13N3O6S. The van der Waals surface area contributed by atoms with Crippen molar-refractivity contribution >= 4 is 27.5 Å². The van der Waals surface area contributed by atoms with Crippen LogP contribution in [0.1, 0.15) is 5.56 Å². The van der Waals surface area contributed by atoms with Crippen LogP contribution in [0.4, 0.5) is 16.2 Å². The fraction of sp³-hybridized carbons (Fsp3) is 0.0714. The van der Waals surface area contributed by atoms with Crippen LogP contribution in [0.5, 0.6) is 0 Å². The minimum atomic E-state index is -3.99. The van der Waals surface area contributed by atoms with Gasteiger partial charge in [-0.15, -0.1) is 0 Å². The third-order valence-electron chi connectivity index (χ3n) is 3.03. The van der Waals surface area contributed by atoms with Gasteiger partial charge in [0.2, 0.25) is 10.0 Å². The molecule has 0 aliphatic carbocycles. The van der Waals surface area contributed by atoms with Crippen LogP contribution >= 0.6 is 0 Å². The SMILES string of the molecule is O=C(O)Nc1ccc(S(=O)(=O)NCc2ccccc2)cc1[N+](=O)[O-]. The zero-order chi connectivity index (χ0) is 17.7. The van der Waals surface area contributed by atoms with Crippen LogP contribution in [-0.2, 0) is 16.6 Å². The molecule has 0 heterocycles. The highest BCUT2D eigenvalue weighted by molar-refractivity contribution is 7.89. The first kappa shape index (κ1) is 17.4. The molecule has 9 nitrogen and oxygen atoms in total. The number of nitro groups is 1. The Morgan fingerprint density at radius 2 is 1.83 bits per heavy atom. The Hall–Kier alpha value is -2.98. The smallest absolute Gasteiger partial charge is 0.409 e. The van der Waals surface area contributed by atoms with E-state index in [-0.39, 0.29) is 17.1 Å². The predicted molar refractivity (Wildman–Crippen MR) is 85.2 cm³/mol. The number of carbonyl (C=O) groups is 1. The van der Waals surface area contributed by atoms with E-state index in [2.05, 4.69) is 4.72 Å². The molecule has 2 rings (SSSR count). The normalized spacial score (nSPS) is 11.0. The van der Waals surface area contributed by atoms with Gasteiger partial charge in [0, 0.05) is 12.6 Å². The van der Waals surface area contributed by atoms with Crippen LogP contribution < -0.4 is 10.0 Å². The number of nitrogens with one attached hydrogen (secondary N) is 2. The number of amides is 1. The van der Waals surface area contributed by atoms with E-state index in [1.165, 1.54) is 0 Å². The number of anilines is 1. The maximum atomic E-state index is 12.2. The molecule has 1 amide bonds. The number of benzene rings is 2. The lowest BCUT2D eigenvalue weighted by Gasteiger charge is -2.08. The summed E-state index contributed by atoms with van der Waals surface area (Å²) in [5.74, 6) is 0. The summed E-state index contributed by atoms with van der Waals surface area (Å²) in [6, 6.07) is 11.7. The summed E-state index contributed by atoms with van der Waals surface area (Å²) in [6.07, 6.45) is -1.49. The molecule has 2 aromatic carbocycles. The number of sulfonamides is 1. The number of hydrogen-bond acceptors (Lipinski definition) is 5. The first-order chi connectivity index (χ1) is 11.3. The maximum Gasteiger partial charge on any atom is 0.409 e. The van der Waals surface area contributed by atoms with Gasteiger partial charge < -0.3 is 5.11 Å². The third kappa shape index (κ3) is 4.27. The van der Waals surface area contributed by atoms with Gasteiger partial charge in [-0.2, -0.15) is 0 Å². The second-order valence-corrected chi connectivity index (χ2v) is 6.44. The minimum Gasteiger partial charge on any atom is -0.465 e. The summed E-state index contributed by atoms with van der Waals surface area (Å²) in [4.78, 5) is 20.4. The Balaban J connectivity index is 2.28. The van der Waals surface area contributed by atoms with E-state index in [9.17, 15) is 23.3 Å². The summed E-state index contributed by atoms with van der Waals surface area (Å²) in [6.45, 7) is 0.0199. The highest BCUT2D eigenvalue weighted by Gasteiger charge is 2.22. The van der Waals surface area contributed by atoms with Crippen molar-refractivity contribution in [2.24, 2.45) is 0 Å². The lowest BCUT2D eigenvalue weighted by Crippen LogP contribution is -2.23. The Labute approximate surface area is 137 Å². The number of nitrogens with zero attached hydrogens (tertiary/aromatic N) is 1. The van der Waals surface area contributed by atoms with Crippen LogP contribution in [-0.4, -0.2) is 24.5 Å². The van der Waals surface area contributed by atoms with Gasteiger partial charge in [0.05, 0.1) is 9.82 Å². The molecule has 24 heavy (non-hydrogen) atoms. The molecule has 0 bridgehead atoms. The molecule has 0 aliphatic heterocycles. The summed E-state index contributed by atoms with van der Waals surface area (Å²) < 4.78 is 26.8. The van der Waals surface area contributed by atoms with Gasteiger partial charge in [-0.3, -0.25) is 15.4 Å². The Kier molecular flexibility index (Phi) is 5.11. The van der Waals surface area contributed by atoms with E-state index in [1.807, 2.05) is 5.32 Å². The van der Waals surface area contributed by atoms with E-state index in [0.29, 0.717) is 0 Å². The predicted octanol–water partition coefficient (Wildman–Crippen LogP) is 2.16. The molecule has 0 aromatic heterocycles. The highest BCUT2D eigenvalue weighted by atomic mass is 32.2. The number of hydrogen-bond donors (Lipinski definition) is 3. The summed E-state index contributed by atoms with van der Waals surface area (Å²) in [5.41, 5.74) is -0.241. The van der Waals surface area contributed by atoms with Crippen LogP contribution in [0.3, 0.4) is 0 Å². The standard InChI is InChI=1S/C14H13N3O6S/c18-14(19)16-12-7-6-11(8-13(12)17(20)21)24(22,23)15-9-10-4-2-1-3-5-10/h1-8,15-16H,9H2,(H,18,19). The van der Waals surface area contributed by atoms with Crippen molar-refractivity contribution in [3.8, 4) is 0 Å². The van der Waals surface area contributed by atoms with Crippen LogP contribution in [0.15, 0.2) is 53.4 Å². The van der Waals surface area contributed by atoms with E-state index in [4.69, 9.17) is 5.11 Å². The van der Waals surface area contributed by atoms with Crippen LogP contribution in [0, 0.1) is 10.1 Å². The fourth-order valence-corrected chi connectivity index (χ4v) is 2.95. The average molecular weight is 351 g/mol. The van der Waals surface area contributed by atoms with Crippen molar-refractivity contribution in [3.05, 3.63) is 64.2 Å². The lowest BCUT2D eigenvalue weighted by atomic mass is 10.2. The minimum absolute atomic E-state index is 0.0199. The second-order valence-electron chi connectivity index (χ2n) is 4.68. The first-order valence-corrected chi connectivity index (χ1v) is 8.10. The molecule has 126 valence electrons. The largest absolute Gasteiger partial charge is 0.465 e. The van der Waals surface area contributed by atoms with Gasteiger partial charge in [-0.25, -0.2) is 17.9 Å². The maximum absolute atomic E-state index is 12.2. The molecule has 0 spiro atoms. The Morgan fingerprint density at radius 1 is 1.17 bits per heavy atom. The van der Waals surface area contributed by atoms with E-state index >= 15 is 0 Å². The van der Waals surface area contributed by atoms with Gasteiger partial charge in [0.1, 0.15) is 5.69 Å². The van der Waals surface area contributed by atoms with Gasteiger partial charge in [0.25, 0.3) is 5.69 Å². The Bertz CT molecular complexity index is 867. The number of nitro benzene ring substituents is 1. The molecule has 2 aromatic rings. The second kappa shape index (κ2) is 7.06. The molecular weight excluding hydrogens is 338 g/mol. The zero-order valence-electron chi connectivity index (χ0n) is 12.2. The summed E-state index contributed by atoms with van der Waals surface area (Å²) >= 11 is 0. The van der Waals surface area contributed by atoms with Crippen molar-refractivity contribution < 1.29 is 23.2 Å². The van der Waals surface area contributed by atoms with Crippen molar-refractivity contribution in [1.82, 2.24) is 4.72 Å². The van der Waals surface area contributed by atoms with Crippen molar-refractivity contribution in [1.29, 1.82) is 0 Å². The highest BCUT2D eigenvalue weighted by Crippen LogP contribution is 2.27. The summed E-state index contributed by atoms with van der Waals surface area (Å²) in [5, 5.41) is 21.5. The molecule has 0 radical (unpaired) electrons. The van der Waals surface area contributed by atoms with Crippen molar-refractivity contribution in [2.45, 2.75) is 11.4 Å². The van der Waals surface area contributed by atoms with E-state index in [0.717, 1.165) is 23.8 Å². The van der Waals surface area contributed by atoms with Crippen LogP contribution in [0.25, 0.3) is 0 Å². The number of rotatable bonds is 6. The van der Waals surface area contributed by atoms with Gasteiger partial charge in [0.15, 0.2) is 0 Å². The topological polar surface area (TPSA) is 139 Å². The molecule has 0 unspecified atom stereocenters. The van der Waals surface area contributed by atoms with Crippen molar-refractivity contribution in [2.75, 3.05) is 5.32 Å². The Morgan fingerprint density at radius 3 is 2.42 bits per heavy atom. The van der Waals surface area contributed by atoms with Crippen LogP contribution in [0.2, 0.25) is 0 Å². The van der Waals surface area contributed by atoms with E-state index < -0.39 is 26.7 Å². The average Bonchev–Trinajstić information content (AvgIpc) is 2.53. The molecule has 0 saturated heterocycles. The molecule has 3 N–H and O–H groups in total. The van der Waals surface area contributed by atoms with Gasteiger partial charge in [-0.1, -0.05) is 30.3 Å². The van der Waals surface area contributed by atoms with E-state index in [1.54, 1.807) is 30.3 Å². The quantitative estimate of drug-likeness (QED) is 0.538. The van der Waals surface area contributed by atoms with Gasteiger partial charge >= 0.3 is 6.09 Å². The van der Waals surface area contributed by atoms with Crippen molar-refractivity contribution in [3.63, 3.8) is 0 Å². The third-order valence-corrected chi connectivity index (χ3v) is 4.43. The molecule has 0 saturated carbocycles.